The molecule has 1 aromatic heterocycles. The molecule has 0 saturated heterocycles. The molecule has 1 atom stereocenters. The smallest absolute Gasteiger partial charge is 0.307 e. The van der Waals surface area contributed by atoms with Gasteiger partial charge >= 0.3 is 5.97 Å². The van der Waals surface area contributed by atoms with Crippen molar-refractivity contribution in [3.63, 3.8) is 0 Å². The lowest BCUT2D eigenvalue weighted by Crippen LogP contribution is -2.36. The molecule has 1 rings (SSSR count). The van der Waals surface area contributed by atoms with E-state index in [1.807, 2.05) is 0 Å². The maximum absolute atomic E-state index is 12.3. The molecular weight excluding hydrogens is 342 g/mol. The minimum Gasteiger partial charge on any atom is -0.481 e. The number of halogens is 1. The normalized spacial score (nSPS) is 13.8. The minimum absolute atomic E-state index is 0.0241. The molecule has 0 aromatic carbocycles. The maximum Gasteiger partial charge on any atom is 0.307 e. The number of hydrogen-bond acceptors (Lipinski definition) is 4. The third-order valence-corrected chi connectivity index (χ3v) is 6.43. The summed E-state index contributed by atoms with van der Waals surface area (Å²) in [5.74, 6) is -1.74. The second kappa shape index (κ2) is 6.14. The van der Waals surface area contributed by atoms with Crippen molar-refractivity contribution in [3.8, 4) is 0 Å². The predicted octanol–water partition coefficient (Wildman–Crippen LogP) is 2.24. The molecule has 1 heterocycles. The van der Waals surface area contributed by atoms with Crippen molar-refractivity contribution < 1.29 is 18.3 Å². The Kier molecular flexibility index (Phi) is 5.32. The first-order chi connectivity index (χ1) is 8.28. The molecule has 5 nitrogen and oxygen atoms in total. The van der Waals surface area contributed by atoms with Crippen molar-refractivity contribution in [2.24, 2.45) is 5.92 Å². The van der Waals surface area contributed by atoms with Crippen LogP contribution in [0.5, 0.6) is 0 Å². The highest BCUT2D eigenvalue weighted by Crippen LogP contribution is 2.28. The number of aliphatic carboxylic acids is 1. The summed E-state index contributed by atoms with van der Waals surface area (Å²) < 4.78 is 26.6. The number of sulfonamides is 1. The van der Waals surface area contributed by atoms with Gasteiger partial charge in [0.1, 0.15) is 4.21 Å². The Morgan fingerprint density at radius 1 is 1.56 bits per heavy atom. The van der Waals surface area contributed by atoms with Gasteiger partial charge in [-0.2, -0.15) is 4.31 Å². The van der Waals surface area contributed by atoms with Gasteiger partial charge in [-0.1, -0.05) is 13.8 Å². The van der Waals surface area contributed by atoms with Gasteiger partial charge in [-0.3, -0.25) is 4.79 Å². The number of nitrogens with zero attached hydrogens (tertiary/aromatic N) is 1. The first-order valence-corrected chi connectivity index (χ1v) is 8.32. The topological polar surface area (TPSA) is 74.7 Å². The summed E-state index contributed by atoms with van der Waals surface area (Å²) in [5.41, 5.74) is 0. The van der Waals surface area contributed by atoms with Gasteiger partial charge in [0.05, 0.1) is 9.70 Å². The van der Waals surface area contributed by atoms with E-state index in [4.69, 9.17) is 5.11 Å². The van der Waals surface area contributed by atoms with Crippen molar-refractivity contribution in [1.82, 2.24) is 4.31 Å². The number of rotatable bonds is 6. The largest absolute Gasteiger partial charge is 0.481 e. The minimum atomic E-state index is -3.60. The van der Waals surface area contributed by atoms with Crippen molar-refractivity contribution in [1.29, 1.82) is 0 Å². The Labute approximate surface area is 119 Å². The average Bonchev–Trinajstić information content (AvgIpc) is 2.72. The summed E-state index contributed by atoms with van der Waals surface area (Å²) in [6, 6.07) is 3.17. The molecule has 0 radical (unpaired) electrons. The summed E-state index contributed by atoms with van der Waals surface area (Å²) in [6.45, 7) is 3.40. The zero-order chi connectivity index (χ0) is 13.9. The molecule has 0 saturated carbocycles. The van der Waals surface area contributed by atoms with Gasteiger partial charge in [-0.15, -0.1) is 11.3 Å². The van der Waals surface area contributed by atoms with Crippen LogP contribution < -0.4 is 0 Å². The number of carboxylic acids is 1. The SMILES string of the molecule is CCN(CC(C)C(=O)O)S(=O)(=O)c1ccc(Br)s1. The fourth-order valence-corrected chi connectivity index (χ4v) is 5.05. The highest BCUT2D eigenvalue weighted by molar-refractivity contribution is 9.11. The van der Waals surface area contributed by atoms with E-state index in [0.29, 0.717) is 0 Å². The van der Waals surface area contributed by atoms with E-state index in [-0.39, 0.29) is 17.3 Å². The van der Waals surface area contributed by atoms with Gasteiger partial charge in [0.25, 0.3) is 10.0 Å². The third-order valence-electron chi connectivity index (χ3n) is 2.39. The fourth-order valence-electron chi connectivity index (χ4n) is 1.34. The number of carbonyl (C=O) groups is 1. The second-order valence-corrected chi connectivity index (χ2v) is 8.38. The molecule has 0 amide bonds. The van der Waals surface area contributed by atoms with E-state index in [2.05, 4.69) is 15.9 Å². The van der Waals surface area contributed by atoms with Crippen molar-refractivity contribution in [2.45, 2.75) is 18.1 Å². The Bertz CT molecular complexity index is 526. The van der Waals surface area contributed by atoms with Crippen LogP contribution in [0.2, 0.25) is 0 Å². The molecule has 8 heteroatoms. The zero-order valence-electron chi connectivity index (χ0n) is 9.96. The first-order valence-electron chi connectivity index (χ1n) is 5.27. The Hall–Kier alpha value is -0.440. The molecule has 0 fully saturated rings. The van der Waals surface area contributed by atoms with Gasteiger partial charge in [-0.25, -0.2) is 8.42 Å². The van der Waals surface area contributed by atoms with Crippen LogP contribution in [0.1, 0.15) is 13.8 Å². The van der Waals surface area contributed by atoms with Crippen molar-refractivity contribution in [2.75, 3.05) is 13.1 Å². The third kappa shape index (κ3) is 3.53. The van der Waals surface area contributed by atoms with Crippen LogP contribution in [0, 0.1) is 5.92 Å². The lowest BCUT2D eigenvalue weighted by molar-refractivity contribution is -0.141. The van der Waals surface area contributed by atoms with Crippen LogP contribution in [0.4, 0.5) is 0 Å². The lowest BCUT2D eigenvalue weighted by atomic mass is 10.2. The molecule has 1 aromatic rings. The van der Waals surface area contributed by atoms with Gasteiger partial charge in [-0.05, 0) is 28.1 Å². The molecule has 0 aliphatic carbocycles. The van der Waals surface area contributed by atoms with Gasteiger partial charge < -0.3 is 5.11 Å². The van der Waals surface area contributed by atoms with Gasteiger partial charge in [0.15, 0.2) is 0 Å². The van der Waals surface area contributed by atoms with E-state index in [1.54, 1.807) is 13.0 Å². The van der Waals surface area contributed by atoms with Crippen LogP contribution in [0.15, 0.2) is 20.1 Å². The lowest BCUT2D eigenvalue weighted by Gasteiger charge is -2.21. The van der Waals surface area contributed by atoms with E-state index >= 15 is 0 Å². The van der Waals surface area contributed by atoms with Crippen LogP contribution in [-0.2, 0) is 14.8 Å². The van der Waals surface area contributed by atoms with Crippen LogP contribution in [0.3, 0.4) is 0 Å². The molecular formula is C10H14BrNO4S2. The molecule has 1 unspecified atom stereocenters. The second-order valence-electron chi connectivity index (χ2n) is 3.75. The number of carboxylic acid groups (broad SMARTS) is 1. The highest BCUT2D eigenvalue weighted by Gasteiger charge is 2.27. The summed E-state index contributed by atoms with van der Waals surface area (Å²) in [4.78, 5) is 10.8. The highest BCUT2D eigenvalue weighted by atomic mass is 79.9. The number of hydrogen-bond donors (Lipinski definition) is 1. The molecule has 1 N–H and O–H groups in total. The first kappa shape index (κ1) is 15.6. The molecule has 0 bridgehead atoms. The van der Waals surface area contributed by atoms with Gasteiger partial charge in [0, 0.05) is 13.1 Å². The zero-order valence-corrected chi connectivity index (χ0v) is 13.2. The summed E-state index contributed by atoms with van der Waals surface area (Å²) >= 11 is 4.32. The van der Waals surface area contributed by atoms with Crippen LogP contribution >= 0.6 is 27.3 Å². The molecule has 18 heavy (non-hydrogen) atoms. The van der Waals surface area contributed by atoms with Crippen molar-refractivity contribution in [3.05, 3.63) is 15.9 Å². The number of thiophene rings is 1. The van der Waals surface area contributed by atoms with Gasteiger partial charge in [0.2, 0.25) is 0 Å². The van der Waals surface area contributed by atoms with E-state index in [1.165, 1.54) is 17.3 Å². The summed E-state index contributed by atoms with van der Waals surface area (Å²) in [6.07, 6.45) is 0. The Morgan fingerprint density at radius 3 is 2.56 bits per heavy atom. The van der Waals surface area contributed by atoms with E-state index < -0.39 is 21.9 Å². The molecule has 102 valence electrons. The Morgan fingerprint density at radius 2 is 2.17 bits per heavy atom. The van der Waals surface area contributed by atoms with Crippen molar-refractivity contribution >= 4 is 43.3 Å². The monoisotopic (exact) mass is 355 g/mol. The maximum atomic E-state index is 12.3. The predicted molar refractivity (Wildman–Crippen MR) is 73.3 cm³/mol. The van der Waals surface area contributed by atoms with E-state index in [9.17, 15) is 13.2 Å². The Balaban J connectivity index is 2.97. The standard InChI is InChI=1S/C10H14BrNO4S2/c1-3-12(6-7(2)10(13)14)18(15,16)9-5-4-8(11)17-9/h4-5,7H,3,6H2,1-2H3,(H,13,14). The molecule has 0 spiro atoms. The quantitative estimate of drug-likeness (QED) is 0.848. The average molecular weight is 356 g/mol. The van der Waals surface area contributed by atoms with Crippen LogP contribution in [0.25, 0.3) is 0 Å². The summed E-state index contributed by atoms with van der Waals surface area (Å²) in [7, 11) is -3.60. The molecule has 0 aliphatic heterocycles. The summed E-state index contributed by atoms with van der Waals surface area (Å²) in [5, 5.41) is 8.84. The van der Waals surface area contributed by atoms with E-state index in [0.717, 1.165) is 15.1 Å². The van der Waals surface area contributed by atoms with Crippen LogP contribution in [-0.4, -0.2) is 36.9 Å². The molecule has 0 aliphatic rings. The fraction of sp³-hybridized carbons (Fsp3) is 0.500.